The summed E-state index contributed by atoms with van der Waals surface area (Å²) in [4.78, 5) is 72.9. The summed E-state index contributed by atoms with van der Waals surface area (Å²) in [5.74, 6) is -1.32. The van der Waals surface area contributed by atoms with Crippen LogP contribution in [0.3, 0.4) is 0 Å². The quantitative estimate of drug-likeness (QED) is 0.0169. The number of hydrogen-bond donors (Lipinski definition) is 3. The molecule has 0 heterocycles. The second-order valence-corrected chi connectivity index (χ2v) is 32.6. The Kier molecular flexibility index (Phi) is 73.5. The maximum atomic E-state index is 13.1. The van der Waals surface area contributed by atoms with Crippen molar-refractivity contribution in [1.29, 1.82) is 0 Å². The monoisotopic (exact) mass is 1490 g/mol. The van der Waals surface area contributed by atoms with E-state index in [4.69, 9.17) is 37.0 Å². The molecule has 0 aromatic rings. The van der Waals surface area contributed by atoms with Crippen LogP contribution in [0, 0.1) is 5.92 Å². The highest BCUT2D eigenvalue weighted by Crippen LogP contribution is 2.45. The number of aliphatic hydroxyl groups is 1. The molecule has 602 valence electrons. The van der Waals surface area contributed by atoms with Crippen molar-refractivity contribution in [3.63, 3.8) is 0 Å². The van der Waals surface area contributed by atoms with Gasteiger partial charge in [0.1, 0.15) is 19.3 Å². The van der Waals surface area contributed by atoms with Crippen molar-refractivity contribution in [2.75, 3.05) is 39.6 Å². The van der Waals surface area contributed by atoms with Gasteiger partial charge in [-0.05, 0) is 57.3 Å². The lowest BCUT2D eigenvalue weighted by Gasteiger charge is -2.21. The number of phosphoric ester groups is 2. The Morgan fingerprint density at radius 1 is 0.304 bits per heavy atom. The number of aliphatic hydroxyl groups excluding tert-OH is 1. The van der Waals surface area contributed by atoms with Crippen molar-refractivity contribution in [3.05, 3.63) is 24.3 Å². The number of phosphoric acid groups is 2. The second kappa shape index (κ2) is 75.4. The molecule has 0 aliphatic rings. The highest BCUT2D eigenvalue weighted by atomic mass is 31.2. The number of unbranched alkanes of at least 4 members (excludes halogenated alkanes) is 50. The predicted molar refractivity (Wildman–Crippen MR) is 418 cm³/mol. The molecule has 0 aliphatic heterocycles. The fraction of sp³-hybridized carbons (Fsp3) is 0.904. The van der Waals surface area contributed by atoms with Crippen molar-refractivity contribution in [2.45, 2.75) is 438 Å². The summed E-state index contributed by atoms with van der Waals surface area (Å²) in [7, 11) is -9.93. The lowest BCUT2D eigenvalue weighted by molar-refractivity contribution is -0.161. The summed E-state index contributed by atoms with van der Waals surface area (Å²) in [5, 5.41) is 10.6. The molecule has 0 amide bonds. The number of rotatable bonds is 81. The maximum Gasteiger partial charge on any atom is 0.472 e. The molecule has 0 rings (SSSR count). The van der Waals surface area contributed by atoms with Gasteiger partial charge in [0.2, 0.25) is 0 Å². The third kappa shape index (κ3) is 75.8. The summed E-state index contributed by atoms with van der Waals surface area (Å²) >= 11 is 0. The summed E-state index contributed by atoms with van der Waals surface area (Å²) < 4.78 is 68.6. The van der Waals surface area contributed by atoms with E-state index < -0.39 is 97.5 Å². The van der Waals surface area contributed by atoms with E-state index in [0.29, 0.717) is 25.7 Å². The molecular weight excluding hydrogens is 1330 g/mol. The Bertz CT molecular complexity index is 2040. The van der Waals surface area contributed by atoms with Gasteiger partial charge >= 0.3 is 39.5 Å². The zero-order chi connectivity index (χ0) is 74.8. The Balaban J connectivity index is 5.19. The Morgan fingerprint density at radius 2 is 0.529 bits per heavy atom. The number of esters is 4. The molecule has 102 heavy (non-hydrogen) atoms. The van der Waals surface area contributed by atoms with Crippen LogP contribution < -0.4 is 0 Å². The lowest BCUT2D eigenvalue weighted by Crippen LogP contribution is -2.30. The van der Waals surface area contributed by atoms with Crippen LogP contribution in [-0.2, 0) is 65.4 Å². The minimum absolute atomic E-state index is 0.0851. The first-order valence-corrected chi connectivity index (χ1v) is 45.4. The molecule has 0 aliphatic carbocycles. The molecule has 3 N–H and O–H groups in total. The van der Waals surface area contributed by atoms with E-state index in [-0.39, 0.29) is 25.7 Å². The number of ether oxygens (including phenoxy) is 4. The van der Waals surface area contributed by atoms with Gasteiger partial charge in [-0.2, -0.15) is 0 Å². The van der Waals surface area contributed by atoms with Crippen molar-refractivity contribution >= 4 is 39.5 Å². The third-order valence-corrected chi connectivity index (χ3v) is 20.8. The first kappa shape index (κ1) is 99.5. The highest BCUT2D eigenvalue weighted by Gasteiger charge is 2.30. The van der Waals surface area contributed by atoms with Crippen LogP contribution in [0.4, 0.5) is 0 Å². The third-order valence-electron chi connectivity index (χ3n) is 18.9. The van der Waals surface area contributed by atoms with Crippen LogP contribution in [0.1, 0.15) is 420 Å². The molecule has 17 nitrogen and oxygen atoms in total. The van der Waals surface area contributed by atoms with Crippen LogP contribution >= 0.6 is 15.6 Å². The average molecular weight is 1490 g/mol. The van der Waals surface area contributed by atoms with Gasteiger partial charge in [0.25, 0.3) is 0 Å². The van der Waals surface area contributed by atoms with Crippen molar-refractivity contribution in [1.82, 2.24) is 0 Å². The van der Waals surface area contributed by atoms with Gasteiger partial charge in [0.05, 0.1) is 26.4 Å². The Hall–Kier alpha value is -2.46. The van der Waals surface area contributed by atoms with Gasteiger partial charge in [-0.3, -0.25) is 37.3 Å². The zero-order valence-electron chi connectivity index (χ0n) is 66.2. The minimum atomic E-state index is -4.97. The van der Waals surface area contributed by atoms with Crippen LogP contribution in [-0.4, -0.2) is 96.7 Å². The largest absolute Gasteiger partial charge is 0.472 e. The molecule has 0 saturated heterocycles. The molecular formula is C83H158O17P2. The lowest BCUT2D eigenvalue weighted by atomic mass is 10.0. The fourth-order valence-corrected chi connectivity index (χ4v) is 14.0. The van der Waals surface area contributed by atoms with Gasteiger partial charge in [0, 0.05) is 25.7 Å². The topological polar surface area (TPSA) is 237 Å². The van der Waals surface area contributed by atoms with Crippen LogP contribution in [0.5, 0.6) is 0 Å². The molecule has 0 aromatic carbocycles. The standard InChI is InChI=1S/C83H158O17P2/c1-6-9-12-15-18-20-22-24-26-27-28-32-36-39-43-47-52-57-62-67-81(86)94-73-79(100-83(88)69-64-59-54-49-45-41-37-33-30-29-31-35-38-42-46-51-55-60-65-76(4)5)75-98-102(91,92)96-71-77(84)70-95-101(89,90)97-74-78(72-93-80(85)66-61-56-50-17-14-11-8-3)99-82(87)68-63-58-53-48-44-40-34-25-23-21-19-16-13-10-7-2/h21,23,25,34,76-79,84H,6-20,22,24,26-33,35-75H2,1-5H3,(H,89,90)(H,91,92)/b23-21-,34-25-/t77-,78+,79+/m0/s1. The zero-order valence-corrected chi connectivity index (χ0v) is 68.0. The molecule has 0 bridgehead atoms. The predicted octanol–water partition coefficient (Wildman–Crippen LogP) is 24.8. The highest BCUT2D eigenvalue weighted by molar-refractivity contribution is 7.47. The summed E-state index contributed by atoms with van der Waals surface area (Å²) in [6.45, 7) is 7.26. The first-order valence-electron chi connectivity index (χ1n) is 42.5. The molecule has 2 unspecified atom stereocenters. The van der Waals surface area contributed by atoms with E-state index >= 15 is 0 Å². The van der Waals surface area contributed by atoms with Gasteiger partial charge in [0.15, 0.2) is 12.2 Å². The van der Waals surface area contributed by atoms with Crippen molar-refractivity contribution in [2.24, 2.45) is 5.92 Å². The molecule has 0 aromatic heterocycles. The summed E-state index contributed by atoms with van der Waals surface area (Å²) in [6.07, 6.45) is 70.5. The Morgan fingerprint density at radius 3 is 0.804 bits per heavy atom. The number of allylic oxidation sites excluding steroid dienone is 4. The van der Waals surface area contributed by atoms with E-state index in [9.17, 15) is 43.2 Å². The fourth-order valence-electron chi connectivity index (χ4n) is 12.4. The van der Waals surface area contributed by atoms with E-state index in [2.05, 4.69) is 58.9 Å². The maximum absolute atomic E-state index is 13.1. The van der Waals surface area contributed by atoms with Crippen LogP contribution in [0.15, 0.2) is 24.3 Å². The number of carbonyl (C=O) groups is 4. The van der Waals surface area contributed by atoms with E-state index in [1.54, 1.807) is 0 Å². The van der Waals surface area contributed by atoms with E-state index in [1.807, 2.05) is 0 Å². The van der Waals surface area contributed by atoms with E-state index in [1.165, 1.54) is 218 Å². The van der Waals surface area contributed by atoms with Gasteiger partial charge < -0.3 is 33.8 Å². The van der Waals surface area contributed by atoms with Gasteiger partial charge in [-0.1, -0.05) is 367 Å². The van der Waals surface area contributed by atoms with Crippen LogP contribution in [0.25, 0.3) is 0 Å². The molecule has 0 spiro atoms. The van der Waals surface area contributed by atoms with E-state index in [0.717, 1.165) is 121 Å². The average Bonchev–Trinajstić information content (AvgIpc) is 0.910. The number of hydrogen-bond acceptors (Lipinski definition) is 15. The summed E-state index contributed by atoms with van der Waals surface area (Å²) in [5.41, 5.74) is 0. The van der Waals surface area contributed by atoms with Crippen molar-refractivity contribution < 1.29 is 80.2 Å². The molecule has 5 atom stereocenters. The second-order valence-electron chi connectivity index (χ2n) is 29.7. The smallest absolute Gasteiger partial charge is 0.462 e. The normalized spacial score (nSPS) is 14.0. The molecule has 0 saturated carbocycles. The SMILES string of the molecule is CCCCCC/C=C\C=C/CCCCCCCC(=O)O[C@H](COC(=O)CCCCCCCCC)COP(=O)(O)OC[C@H](O)COP(=O)(O)OC[C@@H](COC(=O)CCCCCCCCCCCCCCCCCCCCC)OC(=O)CCCCCCCCCCCCCCCCCCCCC(C)C. The van der Waals surface area contributed by atoms with Gasteiger partial charge in [-0.15, -0.1) is 0 Å². The minimum Gasteiger partial charge on any atom is -0.462 e. The van der Waals surface area contributed by atoms with Crippen molar-refractivity contribution in [3.8, 4) is 0 Å². The number of carbonyl (C=O) groups excluding carboxylic acids is 4. The van der Waals surface area contributed by atoms with Gasteiger partial charge in [-0.25, -0.2) is 9.13 Å². The Labute approximate surface area is 624 Å². The van der Waals surface area contributed by atoms with Crippen LogP contribution in [0.2, 0.25) is 0 Å². The molecule has 0 radical (unpaired) electrons. The first-order chi connectivity index (χ1) is 49.5. The molecule has 19 heteroatoms. The summed E-state index contributed by atoms with van der Waals surface area (Å²) in [6, 6.07) is 0. The molecule has 0 fully saturated rings.